The molecule has 1 rings (SSSR count). The molecule has 3 nitrogen and oxygen atoms in total. The summed E-state index contributed by atoms with van der Waals surface area (Å²) in [6, 6.07) is 0. The third-order valence-electron chi connectivity index (χ3n) is 2.04. The molecule has 1 aliphatic rings. The van der Waals surface area contributed by atoms with Gasteiger partial charge in [0.25, 0.3) is 0 Å². The molecule has 1 fully saturated rings. The fraction of sp³-hybridized carbons (Fsp3) is 0.900. The van der Waals surface area contributed by atoms with Crippen molar-refractivity contribution in [2.45, 2.75) is 33.1 Å². The highest BCUT2D eigenvalue weighted by Gasteiger charge is 2.08. The SMILES string of the molecule is C=NOCCN1CCCCC1.CC. The van der Waals surface area contributed by atoms with Crippen molar-refractivity contribution in [1.29, 1.82) is 0 Å². The molecular weight excluding hydrogens is 164 g/mol. The van der Waals surface area contributed by atoms with E-state index in [2.05, 4.69) is 16.8 Å². The van der Waals surface area contributed by atoms with Crippen LogP contribution < -0.4 is 0 Å². The van der Waals surface area contributed by atoms with E-state index in [0.29, 0.717) is 6.61 Å². The van der Waals surface area contributed by atoms with Crippen LogP contribution in [0.5, 0.6) is 0 Å². The predicted octanol–water partition coefficient (Wildman–Crippen LogP) is 2.13. The molecule has 0 bridgehead atoms. The highest BCUT2D eigenvalue weighted by atomic mass is 16.6. The van der Waals surface area contributed by atoms with Crippen LogP contribution >= 0.6 is 0 Å². The average molecular weight is 186 g/mol. The van der Waals surface area contributed by atoms with Crippen LogP contribution in [-0.2, 0) is 4.84 Å². The van der Waals surface area contributed by atoms with Crippen molar-refractivity contribution < 1.29 is 4.84 Å². The second-order valence-corrected chi connectivity index (χ2v) is 2.86. The second kappa shape index (κ2) is 9.52. The number of oxime groups is 1. The molecule has 0 aromatic carbocycles. The van der Waals surface area contributed by atoms with E-state index in [9.17, 15) is 0 Å². The Bertz CT molecular complexity index is 111. The van der Waals surface area contributed by atoms with Crippen molar-refractivity contribution in [2.75, 3.05) is 26.2 Å². The lowest BCUT2D eigenvalue weighted by Crippen LogP contribution is -2.32. The highest BCUT2D eigenvalue weighted by molar-refractivity contribution is 5.21. The van der Waals surface area contributed by atoms with Gasteiger partial charge in [0, 0.05) is 13.3 Å². The first-order chi connectivity index (χ1) is 6.43. The first kappa shape index (κ1) is 12.4. The zero-order valence-electron chi connectivity index (χ0n) is 8.96. The maximum atomic E-state index is 4.81. The molecule has 0 radical (unpaired) electrons. The van der Waals surface area contributed by atoms with E-state index in [1.807, 2.05) is 13.8 Å². The molecule has 0 N–H and O–H groups in total. The third kappa shape index (κ3) is 6.58. The van der Waals surface area contributed by atoms with Gasteiger partial charge in [0.2, 0.25) is 0 Å². The summed E-state index contributed by atoms with van der Waals surface area (Å²) in [6.07, 6.45) is 4.06. The van der Waals surface area contributed by atoms with Gasteiger partial charge in [0.1, 0.15) is 6.61 Å². The normalized spacial score (nSPS) is 17.1. The van der Waals surface area contributed by atoms with Crippen LogP contribution in [-0.4, -0.2) is 37.9 Å². The lowest BCUT2D eigenvalue weighted by Gasteiger charge is -2.25. The van der Waals surface area contributed by atoms with Gasteiger partial charge in [-0.3, -0.25) is 4.90 Å². The molecule has 0 aromatic heterocycles. The van der Waals surface area contributed by atoms with Crippen LogP contribution in [0.2, 0.25) is 0 Å². The molecular formula is C10H22N2O. The molecule has 1 aliphatic heterocycles. The lowest BCUT2D eigenvalue weighted by atomic mass is 10.1. The summed E-state index contributed by atoms with van der Waals surface area (Å²) in [5.74, 6) is 0. The summed E-state index contributed by atoms with van der Waals surface area (Å²) >= 11 is 0. The van der Waals surface area contributed by atoms with E-state index in [1.54, 1.807) is 0 Å². The minimum absolute atomic E-state index is 0.684. The summed E-state index contributed by atoms with van der Waals surface area (Å²) in [6.45, 7) is 11.4. The Hall–Kier alpha value is -0.570. The Labute approximate surface area is 81.7 Å². The Kier molecular flexibility index (Phi) is 9.10. The molecule has 0 aromatic rings. The van der Waals surface area contributed by atoms with Gasteiger partial charge in [-0.2, -0.15) is 0 Å². The van der Waals surface area contributed by atoms with Gasteiger partial charge in [-0.1, -0.05) is 20.3 Å². The molecule has 0 spiro atoms. The van der Waals surface area contributed by atoms with Gasteiger partial charge >= 0.3 is 0 Å². The lowest BCUT2D eigenvalue weighted by molar-refractivity contribution is 0.104. The fourth-order valence-corrected chi connectivity index (χ4v) is 1.42. The topological polar surface area (TPSA) is 24.8 Å². The Morgan fingerprint density at radius 3 is 2.38 bits per heavy atom. The van der Waals surface area contributed by atoms with Gasteiger partial charge in [-0.15, -0.1) is 5.16 Å². The van der Waals surface area contributed by atoms with E-state index >= 15 is 0 Å². The Morgan fingerprint density at radius 1 is 1.23 bits per heavy atom. The highest BCUT2D eigenvalue weighted by Crippen LogP contribution is 2.07. The van der Waals surface area contributed by atoms with Gasteiger partial charge in [-0.05, 0) is 25.9 Å². The van der Waals surface area contributed by atoms with E-state index in [0.717, 1.165) is 6.54 Å². The van der Waals surface area contributed by atoms with Gasteiger partial charge in [0.15, 0.2) is 0 Å². The number of hydrogen-bond acceptors (Lipinski definition) is 3. The predicted molar refractivity (Wildman–Crippen MR) is 57.1 cm³/mol. The van der Waals surface area contributed by atoms with Crippen molar-refractivity contribution in [1.82, 2.24) is 4.90 Å². The van der Waals surface area contributed by atoms with Crippen molar-refractivity contribution in [3.8, 4) is 0 Å². The molecule has 1 saturated heterocycles. The Morgan fingerprint density at radius 2 is 1.85 bits per heavy atom. The number of piperidine rings is 1. The number of nitrogens with zero attached hydrogens (tertiary/aromatic N) is 2. The second-order valence-electron chi connectivity index (χ2n) is 2.86. The molecule has 1 heterocycles. The minimum atomic E-state index is 0.684. The van der Waals surface area contributed by atoms with E-state index < -0.39 is 0 Å². The van der Waals surface area contributed by atoms with Gasteiger partial charge < -0.3 is 4.84 Å². The van der Waals surface area contributed by atoms with Crippen molar-refractivity contribution in [2.24, 2.45) is 5.16 Å². The molecule has 0 saturated carbocycles. The quantitative estimate of drug-likeness (QED) is 0.382. The standard InChI is InChI=1S/C8H16N2O.C2H6/c1-9-11-8-7-10-5-3-2-4-6-10;1-2/h1-8H2;1-2H3. The number of likely N-dealkylation sites (tertiary alicyclic amines) is 1. The van der Waals surface area contributed by atoms with Crippen molar-refractivity contribution in [3.05, 3.63) is 0 Å². The summed E-state index contributed by atoms with van der Waals surface area (Å²) in [7, 11) is 0. The summed E-state index contributed by atoms with van der Waals surface area (Å²) in [5.41, 5.74) is 0. The van der Waals surface area contributed by atoms with E-state index in [1.165, 1.54) is 32.4 Å². The molecule has 0 aliphatic carbocycles. The van der Waals surface area contributed by atoms with E-state index in [4.69, 9.17) is 4.84 Å². The zero-order valence-corrected chi connectivity index (χ0v) is 8.96. The third-order valence-corrected chi connectivity index (χ3v) is 2.04. The molecule has 0 atom stereocenters. The number of rotatable bonds is 4. The molecule has 0 amide bonds. The summed E-state index contributed by atoms with van der Waals surface area (Å²) < 4.78 is 0. The molecule has 3 heteroatoms. The average Bonchev–Trinajstić information content (AvgIpc) is 2.23. The van der Waals surface area contributed by atoms with Crippen molar-refractivity contribution >= 4 is 6.72 Å². The molecule has 0 unspecified atom stereocenters. The Balaban J connectivity index is 0.000000671. The van der Waals surface area contributed by atoms with Gasteiger partial charge in [-0.25, -0.2) is 0 Å². The van der Waals surface area contributed by atoms with Crippen LogP contribution in [0.15, 0.2) is 5.16 Å². The largest absolute Gasteiger partial charge is 0.395 e. The fourth-order valence-electron chi connectivity index (χ4n) is 1.42. The van der Waals surface area contributed by atoms with Crippen LogP contribution in [0, 0.1) is 0 Å². The van der Waals surface area contributed by atoms with Crippen LogP contribution in [0.1, 0.15) is 33.1 Å². The maximum absolute atomic E-state index is 4.81. The van der Waals surface area contributed by atoms with Gasteiger partial charge in [0.05, 0.1) is 0 Å². The monoisotopic (exact) mass is 186 g/mol. The smallest absolute Gasteiger partial charge is 0.129 e. The van der Waals surface area contributed by atoms with Crippen LogP contribution in [0.4, 0.5) is 0 Å². The zero-order chi connectivity index (χ0) is 9.94. The number of hydrogen-bond donors (Lipinski definition) is 0. The first-order valence-corrected chi connectivity index (χ1v) is 5.24. The first-order valence-electron chi connectivity index (χ1n) is 5.24. The van der Waals surface area contributed by atoms with E-state index in [-0.39, 0.29) is 0 Å². The molecule has 13 heavy (non-hydrogen) atoms. The van der Waals surface area contributed by atoms with Crippen LogP contribution in [0.25, 0.3) is 0 Å². The van der Waals surface area contributed by atoms with Crippen molar-refractivity contribution in [3.63, 3.8) is 0 Å². The summed E-state index contributed by atoms with van der Waals surface area (Å²) in [5, 5.41) is 3.34. The van der Waals surface area contributed by atoms with Crippen LogP contribution in [0.3, 0.4) is 0 Å². The molecule has 78 valence electrons. The summed E-state index contributed by atoms with van der Waals surface area (Å²) in [4.78, 5) is 7.22. The maximum Gasteiger partial charge on any atom is 0.129 e. The minimum Gasteiger partial charge on any atom is -0.395 e.